The van der Waals surface area contributed by atoms with Crippen molar-refractivity contribution >= 4 is 35.3 Å². The van der Waals surface area contributed by atoms with E-state index in [4.69, 9.17) is 9.47 Å². The molecule has 0 aliphatic carbocycles. The highest BCUT2D eigenvalue weighted by Gasteiger charge is 2.38. The van der Waals surface area contributed by atoms with Gasteiger partial charge in [0.15, 0.2) is 0 Å². The first-order valence-corrected chi connectivity index (χ1v) is 14.0. The maximum atomic E-state index is 13.8. The number of benzene rings is 1. The number of rotatable bonds is 12. The lowest BCUT2D eigenvalue weighted by Gasteiger charge is -2.37. The quantitative estimate of drug-likeness (QED) is 0.183. The van der Waals surface area contributed by atoms with Gasteiger partial charge in [0.2, 0.25) is 5.91 Å². The van der Waals surface area contributed by atoms with E-state index in [-0.39, 0.29) is 44.5 Å². The average Bonchev–Trinajstić information content (AvgIpc) is 2.85. The number of carbonyl (C=O) groups excluding carboxylic acids is 3. The van der Waals surface area contributed by atoms with Crippen molar-refractivity contribution < 1.29 is 43.8 Å². The highest BCUT2D eigenvalue weighted by Crippen LogP contribution is 2.37. The molecule has 2 rings (SSSR count). The lowest BCUT2D eigenvalue weighted by Crippen LogP contribution is -2.49. The lowest BCUT2D eigenvalue weighted by atomic mass is 9.79. The van der Waals surface area contributed by atoms with Crippen LogP contribution in [0.25, 0.3) is 0 Å². The molecule has 42 heavy (non-hydrogen) atoms. The maximum Gasteiger partial charge on any atom is 0.407 e. The largest absolute Gasteiger partial charge is 0.481 e. The third-order valence-electron chi connectivity index (χ3n) is 6.95. The van der Waals surface area contributed by atoms with Crippen molar-refractivity contribution in [2.45, 2.75) is 91.9 Å². The van der Waals surface area contributed by atoms with E-state index in [2.05, 4.69) is 5.32 Å². The first-order chi connectivity index (χ1) is 19.3. The molecule has 2 amide bonds. The molecular weight excluding hydrogens is 550 g/mol. The number of carbonyl (C=O) groups is 4. The van der Waals surface area contributed by atoms with Crippen molar-refractivity contribution in [3.63, 3.8) is 0 Å². The Kier molecular flexibility index (Phi) is 11.4. The zero-order chi connectivity index (χ0) is 32.0. The molecule has 13 heteroatoms. The van der Waals surface area contributed by atoms with Gasteiger partial charge in [-0.1, -0.05) is 26.8 Å². The number of alkyl carbamates (subject to hydrolysis) is 1. The molecule has 1 aliphatic rings. The van der Waals surface area contributed by atoms with Crippen LogP contribution >= 0.6 is 0 Å². The summed E-state index contributed by atoms with van der Waals surface area (Å²) in [4.78, 5) is 62.6. The van der Waals surface area contributed by atoms with Gasteiger partial charge in [0.1, 0.15) is 5.60 Å². The number of aliphatic hydroxyl groups excluding tert-OH is 1. The molecule has 0 saturated carbocycles. The van der Waals surface area contributed by atoms with Gasteiger partial charge in [0, 0.05) is 25.1 Å². The molecule has 234 valence electrons. The summed E-state index contributed by atoms with van der Waals surface area (Å²) in [5, 5.41) is 34.3. The van der Waals surface area contributed by atoms with Gasteiger partial charge >= 0.3 is 18.0 Å². The summed E-state index contributed by atoms with van der Waals surface area (Å²) in [5.74, 6) is -3.55. The van der Waals surface area contributed by atoms with Crippen LogP contribution in [-0.4, -0.2) is 70.0 Å². The third kappa shape index (κ3) is 9.97. The second-order valence-corrected chi connectivity index (χ2v) is 12.6. The predicted molar refractivity (Wildman–Crippen MR) is 153 cm³/mol. The molecule has 0 spiro atoms. The van der Waals surface area contributed by atoms with Crippen LogP contribution in [-0.2, 0) is 30.3 Å². The highest BCUT2D eigenvalue weighted by molar-refractivity contribution is 5.96. The fourth-order valence-corrected chi connectivity index (χ4v) is 4.93. The van der Waals surface area contributed by atoms with Gasteiger partial charge in [-0.05, 0) is 57.9 Å². The molecule has 0 radical (unpaired) electrons. The molecule has 1 aliphatic heterocycles. The molecule has 1 aromatic carbocycles. The number of fused-ring (bicyclic) bond motifs is 1. The van der Waals surface area contributed by atoms with Gasteiger partial charge in [-0.3, -0.25) is 24.5 Å². The Labute approximate surface area is 245 Å². The Morgan fingerprint density at radius 2 is 1.83 bits per heavy atom. The Balaban J connectivity index is 2.34. The number of esters is 1. The zero-order valence-corrected chi connectivity index (χ0v) is 25.3. The van der Waals surface area contributed by atoms with Crippen LogP contribution in [0.15, 0.2) is 18.2 Å². The Morgan fingerprint density at radius 3 is 2.38 bits per heavy atom. The van der Waals surface area contributed by atoms with Crippen LogP contribution in [0.2, 0.25) is 0 Å². The normalized spacial score (nSPS) is 17.3. The number of non-ortho nitro benzene ring substituents is 1. The number of nitrogens with zero attached hydrogens (tertiary/aromatic N) is 2. The summed E-state index contributed by atoms with van der Waals surface area (Å²) in [6.07, 6.45) is -1.99. The number of aliphatic hydroxyl groups is 1. The summed E-state index contributed by atoms with van der Waals surface area (Å²) < 4.78 is 10.5. The highest BCUT2D eigenvalue weighted by atomic mass is 16.6. The number of carboxylic acids is 1. The van der Waals surface area contributed by atoms with E-state index in [1.165, 1.54) is 30.0 Å². The SMILES string of the molecule is CCOC(=O)[C@@H]1Cc2ccc([N+](=O)[O-])cc2N(C(=O)CC(C)(C)C[C@H](NC(=O)OC(C)(C)C)[C@@H](O)C[C@@H](C)C(=O)O)C1. The van der Waals surface area contributed by atoms with Gasteiger partial charge < -0.3 is 29.9 Å². The molecule has 0 aromatic heterocycles. The van der Waals surface area contributed by atoms with Crippen molar-refractivity contribution in [1.82, 2.24) is 5.32 Å². The molecule has 0 bridgehead atoms. The minimum absolute atomic E-state index is 0.0275. The Morgan fingerprint density at radius 1 is 1.19 bits per heavy atom. The topological polar surface area (TPSA) is 186 Å². The van der Waals surface area contributed by atoms with Gasteiger partial charge in [-0.25, -0.2) is 4.79 Å². The van der Waals surface area contributed by atoms with Crippen LogP contribution in [0.1, 0.15) is 73.3 Å². The van der Waals surface area contributed by atoms with Crippen molar-refractivity contribution in [1.29, 1.82) is 0 Å². The van der Waals surface area contributed by atoms with Gasteiger partial charge in [0.05, 0.1) is 41.2 Å². The molecular formula is C29H43N3O10. The number of hydrogen-bond acceptors (Lipinski definition) is 9. The molecule has 0 saturated heterocycles. The number of anilines is 1. The summed E-state index contributed by atoms with van der Waals surface area (Å²) in [6, 6.07) is 3.22. The van der Waals surface area contributed by atoms with E-state index in [9.17, 15) is 39.5 Å². The van der Waals surface area contributed by atoms with Crippen molar-refractivity contribution in [3.8, 4) is 0 Å². The fourth-order valence-electron chi connectivity index (χ4n) is 4.93. The molecule has 0 fully saturated rings. The van der Waals surface area contributed by atoms with Crippen molar-refractivity contribution in [2.24, 2.45) is 17.3 Å². The number of ether oxygens (including phenoxy) is 2. The van der Waals surface area contributed by atoms with Crippen LogP contribution in [0.3, 0.4) is 0 Å². The molecule has 1 heterocycles. The second-order valence-electron chi connectivity index (χ2n) is 12.6. The molecule has 13 nitrogen and oxygen atoms in total. The number of nitro benzene ring substituents is 1. The second kappa shape index (κ2) is 14.0. The van der Waals surface area contributed by atoms with E-state index in [0.717, 1.165) is 0 Å². The van der Waals surface area contributed by atoms with E-state index in [0.29, 0.717) is 11.3 Å². The van der Waals surface area contributed by atoms with Crippen molar-refractivity contribution in [3.05, 3.63) is 33.9 Å². The molecule has 3 N–H and O–H groups in total. The molecule has 1 aromatic rings. The minimum atomic E-state index is -1.26. The first-order valence-electron chi connectivity index (χ1n) is 14.0. The van der Waals surface area contributed by atoms with Crippen LogP contribution in [0, 0.1) is 27.4 Å². The summed E-state index contributed by atoms with van der Waals surface area (Å²) in [6.45, 7) is 11.8. The Bertz CT molecular complexity index is 1180. The summed E-state index contributed by atoms with van der Waals surface area (Å²) >= 11 is 0. The minimum Gasteiger partial charge on any atom is -0.481 e. The van der Waals surface area contributed by atoms with Gasteiger partial charge in [-0.2, -0.15) is 0 Å². The fraction of sp³-hybridized carbons (Fsp3) is 0.655. The number of hydrogen-bond donors (Lipinski definition) is 3. The monoisotopic (exact) mass is 593 g/mol. The zero-order valence-electron chi connectivity index (χ0n) is 25.3. The van der Waals surface area contributed by atoms with E-state index >= 15 is 0 Å². The number of amides is 2. The summed E-state index contributed by atoms with van der Waals surface area (Å²) in [7, 11) is 0. The third-order valence-corrected chi connectivity index (χ3v) is 6.95. The van der Waals surface area contributed by atoms with Crippen molar-refractivity contribution in [2.75, 3.05) is 18.1 Å². The first kappa shape index (κ1) is 34.5. The number of nitrogens with one attached hydrogen (secondary N) is 1. The van der Waals surface area contributed by atoms with E-state index < -0.39 is 63.9 Å². The standard InChI is InChI=1S/C29H43N3O10/c1-8-41-26(37)19-12-18-9-10-20(32(39)40)13-22(18)31(16-19)24(34)15-29(6,7)14-21(23(33)11-17(2)25(35)36)30-27(38)42-28(3,4)5/h9-10,13,17,19,21,23,33H,8,11-12,14-16H2,1-7H3,(H,30,38)(H,35,36)/t17-,19-,21+,23+/m1/s1. The average molecular weight is 594 g/mol. The number of nitro groups is 1. The summed E-state index contributed by atoms with van der Waals surface area (Å²) in [5.41, 5.74) is -0.943. The van der Waals surface area contributed by atoms with E-state index in [1.807, 2.05) is 0 Å². The molecule has 4 atom stereocenters. The van der Waals surface area contributed by atoms with Crippen LogP contribution in [0.5, 0.6) is 0 Å². The van der Waals surface area contributed by atoms with Gasteiger partial charge in [-0.15, -0.1) is 0 Å². The predicted octanol–water partition coefficient (Wildman–Crippen LogP) is 3.83. The number of carboxylic acid groups (broad SMARTS) is 1. The number of aliphatic carboxylic acids is 1. The van der Waals surface area contributed by atoms with E-state index in [1.54, 1.807) is 41.5 Å². The lowest BCUT2D eigenvalue weighted by molar-refractivity contribution is -0.384. The smallest absolute Gasteiger partial charge is 0.407 e. The van der Waals surface area contributed by atoms with Crippen LogP contribution < -0.4 is 10.2 Å². The van der Waals surface area contributed by atoms with Crippen LogP contribution in [0.4, 0.5) is 16.2 Å². The molecule has 0 unspecified atom stereocenters. The Hall–Kier alpha value is -3.74. The van der Waals surface area contributed by atoms with Gasteiger partial charge in [0.25, 0.3) is 5.69 Å². The maximum absolute atomic E-state index is 13.8.